The molecule has 0 fully saturated rings. The zero-order valence-electron chi connectivity index (χ0n) is 11.8. The Kier molecular flexibility index (Phi) is 4.42. The van der Waals surface area contributed by atoms with Gasteiger partial charge in [0, 0.05) is 20.1 Å². The standard InChI is InChI=1S/C15H18O5/c1-17-14(16)13-9-12(11-7-5-4-6-8-11)10-15(18-2,19-3)20-13/h4-9,12H,10H2,1-3H3. The normalized spacial score (nSPS) is 20.8. The van der Waals surface area contributed by atoms with Gasteiger partial charge in [0.15, 0.2) is 0 Å². The molecule has 0 saturated carbocycles. The van der Waals surface area contributed by atoms with Gasteiger partial charge in [0.05, 0.1) is 13.5 Å². The maximum absolute atomic E-state index is 11.7. The first-order valence-electron chi connectivity index (χ1n) is 6.28. The van der Waals surface area contributed by atoms with Crippen molar-refractivity contribution in [1.29, 1.82) is 0 Å². The van der Waals surface area contributed by atoms with E-state index < -0.39 is 11.9 Å². The number of hydrogen-bond acceptors (Lipinski definition) is 5. The summed E-state index contributed by atoms with van der Waals surface area (Å²) in [6, 6.07) is 9.79. The van der Waals surface area contributed by atoms with Gasteiger partial charge >= 0.3 is 11.9 Å². The van der Waals surface area contributed by atoms with Crippen molar-refractivity contribution in [1.82, 2.24) is 0 Å². The summed E-state index contributed by atoms with van der Waals surface area (Å²) < 4.78 is 20.9. The lowest BCUT2D eigenvalue weighted by molar-refractivity contribution is -0.354. The Morgan fingerprint density at radius 3 is 2.40 bits per heavy atom. The molecule has 1 aliphatic heterocycles. The summed E-state index contributed by atoms with van der Waals surface area (Å²) in [5.41, 5.74) is 1.05. The molecule has 0 amide bonds. The minimum absolute atomic E-state index is 0.0565. The predicted molar refractivity (Wildman–Crippen MR) is 71.7 cm³/mol. The van der Waals surface area contributed by atoms with E-state index in [0.29, 0.717) is 6.42 Å². The van der Waals surface area contributed by atoms with Crippen LogP contribution in [0.5, 0.6) is 0 Å². The van der Waals surface area contributed by atoms with Gasteiger partial charge in [-0.1, -0.05) is 30.3 Å². The average molecular weight is 278 g/mol. The molecule has 1 heterocycles. The van der Waals surface area contributed by atoms with E-state index in [1.807, 2.05) is 30.3 Å². The Hall–Kier alpha value is -1.85. The van der Waals surface area contributed by atoms with E-state index in [1.54, 1.807) is 6.08 Å². The monoisotopic (exact) mass is 278 g/mol. The van der Waals surface area contributed by atoms with Crippen molar-refractivity contribution in [3.8, 4) is 0 Å². The number of ether oxygens (including phenoxy) is 4. The molecule has 5 nitrogen and oxygen atoms in total. The van der Waals surface area contributed by atoms with Crippen LogP contribution in [0, 0.1) is 0 Å². The van der Waals surface area contributed by atoms with E-state index in [-0.39, 0.29) is 11.7 Å². The first-order valence-corrected chi connectivity index (χ1v) is 6.28. The second kappa shape index (κ2) is 6.07. The van der Waals surface area contributed by atoms with E-state index in [9.17, 15) is 4.79 Å². The third-order valence-electron chi connectivity index (χ3n) is 3.32. The molecule has 2 rings (SSSR count). The van der Waals surface area contributed by atoms with Gasteiger partial charge in [-0.3, -0.25) is 0 Å². The van der Waals surface area contributed by atoms with Crippen LogP contribution in [0.25, 0.3) is 0 Å². The Balaban J connectivity index is 2.38. The van der Waals surface area contributed by atoms with Crippen molar-refractivity contribution in [2.45, 2.75) is 18.3 Å². The first-order chi connectivity index (χ1) is 9.64. The molecule has 5 heteroatoms. The number of benzene rings is 1. The Morgan fingerprint density at radius 2 is 1.85 bits per heavy atom. The lowest BCUT2D eigenvalue weighted by Gasteiger charge is -2.37. The third kappa shape index (κ3) is 2.84. The van der Waals surface area contributed by atoms with E-state index in [1.165, 1.54) is 21.3 Å². The highest BCUT2D eigenvalue weighted by atomic mass is 16.9. The largest absolute Gasteiger partial charge is 0.463 e. The van der Waals surface area contributed by atoms with E-state index in [4.69, 9.17) is 18.9 Å². The molecule has 1 aromatic rings. The molecule has 0 saturated heterocycles. The van der Waals surface area contributed by atoms with Crippen LogP contribution in [0.4, 0.5) is 0 Å². The van der Waals surface area contributed by atoms with Gasteiger partial charge in [-0.2, -0.15) is 0 Å². The van der Waals surface area contributed by atoms with Crippen LogP contribution >= 0.6 is 0 Å². The lowest BCUT2D eigenvalue weighted by Crippen LogP contribution is -2.42. The number of allylic oxidation sites excluding steroid dienone is 1. The van der Waals surface area contributed by atoms with Gasteiger partial charge in [0.2, 0.25) is 5.76 Å². The van der Waals surface area contributed by atoms with Crippen LogP contribution in [0.15, 0.2) is 42.2 Å². The Morgan fingerprint density at radius 1 is 1.20 bits per heavy atom. The molecule has 1 atom stereocenters. The number of rotatable bonds is 4. The minimum atomic E-state index is -1.28. The van der Waals surface area contributed by atoms with Crippen molar-refractivity contribution in [2.75, 3.05) is 21.3 Å². The molecule has 20 heavy (non-hydrogen) atoms. The Labute approximate surface area is 118 Å². The van der Waals surface area contributed by atoms with Crippen LogP contribution in [0.2, 0.25) is 0 Å². The van der Waals surface area contributed by atoms with Gasteiger partial charge in [0.25, 0.3) is 0 Å². The fourth-order valence-electron chi connectivity index (χ4n) is 2.21. The van der Waals surface area contributed by atoms with Crippen LogP contribution < -0.4 is 0 Å². The molecule has 0 aliphatic carbocycles. The molecule has 0 aromatic heterocycles. The fraction of sp³-hybridized carbons (Fsp3) is 0.400. The summed E-state index contributed by atoms with van der Waals surface area (Å²) in [4.78, 5) is 11.7. The minimum Gasteiger partial charge on any atom is -0.463 e. The van der Waals surface area contributed by atoms with Crippen molar-refractivity contribution < 1.29 is 23.7 Å². The molecule has 0 bridgehead atoms. The molecule has 1 aliphatic rings. The van der Waals surface area contributed by atoms with Crippen LogP contribution in [0.1, 0.15) is 17.9 Å². The summed E-state index contributed by atoms with van der Waals surface area (Å²) in [7, 11) is 4.26. The van der Waals surface area contributed by atoms with E-state index in [2.05, 4.69) is 0 Å². The molecule has 1 aromatic carbocycles. The number of carbonyl (C=O) groups excluding carboxylic acids is 1. The summed E-state index contributed by atoms with van der Waals surface area (Å²) >= 11 is 0. The maximum atomic E-state index is 11.7. The second-order valence-electron chi connectivity index (χ2n) is 4.44. The predicted octanol–water partition coefficient (Wildman–Crippen LogP) is 2.19. The number of esters is 1. The van der Waals surface area contributed by atoms with Crippen molar-refractivity contribution in [3.05, 3.63) is 47.7 Å². The zero-order valence-corrected chi connectivity index (χ0v) is 11.8. The Bertz CT molecular complexity index is 490. The quantitative estimate of drug-likeness (QED) is 0.624. The smallest absolute Gasteiger partial charge is 0.373 e. The van der Waals surface area contributed by atoms with Gasteiger partial charge < -0.3 is 18.9 Å². The molecule has 0 spiro atoms. The van der Waals surface area contributed by atoms with Crippen molar-refractivity contribution in [3.63, 3.8) is 0 Å². The summed E-state index contributed by atoms with van der Waals surface area (Å²) in [5, 5.41) is 0. The molecular weight excluding hydrogens is 260 g/mol. The van der Waals surface area contributed by atoms with Crippen LogP contribution in [-0.2, 0) is 23.7 Å². The highest BCUT2D eigenvalue weighted by molar-refractivity contribution is 5.86. The van der Waals surface area contributed by atoms with E-state index >= 15 is 0 Å². The van der Waals surface area contributed by atoms with Crippen LogP contribution in [0.3, 0.4) is 0 Å². The number of carbonyl (C=O) groups is 1. The second-order valence-corrected chi connectivity index (χ2v) is 4.44. The first kappa shape index (κ1) is 14.6. The molecule has 0 N–H and O–H groups in total. The topological polar surface area (TPSA) is 54.0 Å². The summed E-state index contributed by atoms with van der Waals surface area (Å²) in [5.74, 6) is -1.79. The van der Waals surface area contributed by atoms with Crippen LogP contribution in [-0.4, -0.2) is 33.3 Å². The SMILES string of the molecule is COC(=O)C1=CC(c2ccccc2)CC(OC)(OC)O1. The molecular formula is C15H18O5. The van der Waals surface area contributed by atoms with Gasteiger partial charge in [0.1, 0.15) is 0 Å². The third-order valence-corrected chi connectivity index (χ3v) is 3.32. The lowest BCUT2D eigenvalue weighted by atomic mass is 9.92. The highest BCUT2D eigenvalue weighted by Crippen LogP contribution is 2.38. The highest BCUT2D eigenvalue weighted by Gasteiger charge is 2.42. The fourth-order valence-corrected chi connectivity index (χ4v) is 2.21. The van der Waals surface area contributed by atoms with Gasteiger partial charge in [-0.15, -0.1) is 0 Å². The van der Waals surface area contributed by atoms with Crippen molar-refractivity contribution >= 4 is 5.97 Å². The zero-order chi connectivity index (χ0) is 14.6. The maximum Gasteiger partial charge on any atom is 0.373 e. The molecule has 108 valence electrons. The molecule has 1 unspecified atom stereocenters. The van der Waals surface area contributed by atoms with E-state index in [0.717, 1.165) is 5.56 Å². The summed E-state index contributed by atoms with van der Waals surface area (Å²) in [6.07, 6.45) is 2.18. The van der Waals surface area contributed by atoms with Gasteiger partial charge in [-0.25, -0.2) is 4.79 Å². The average Bonchev–Trinajstić information content (AvgIpc) is 2.54. The van der Waals surface area contributed by atoms with Gasteiger partial charge in [-0.05, 0) is 11.6 Å². The number of methoxy groups -OCH3 is 3. The number of hydrogen-bond donors (Lipinski definition) is 0. The van der Waals surface area contributed by atoms with Crippen molar-refractivity contribution in [2.24, 2.45) is 0 Å². The molecule has 0 radical (unpaired) electrons. The summed E-state index contributed by atoms with van der Waals surface area (Å²) in [6.45, 7) is 0.